The van der Waals surface area contributed by atoms with Crippen molar-refractivity contribution in [1.82, 2.24) is 5.32 Å². The Morgan fingerprint density at radius 2 is 1.55 bits per heavy atom. The van der Waals surface area contributed by atoms with Gasteiger partial charge in [-0.2, -0.15) is 0 Å². The average molecular weight is 295 g/mol. The van der Waals surface area contributed by atoms with E-state index >= 15 is 0 Å². The number of hydrogen-bond acceptors (Lipinski definition) is 2. The van der Waals surface area contributed by atoms with Crippen LogP contribution in [0.25, 0.3) is 0 Å². The lowest BCUT2D eigenvalue weighted by atomic mass is 9.79. The molecule has 0 spiro atoms. The van der Waals surface area contributed by atoms with Crippen LogP contribution in [-0.2, 0) is 10.3 Å². The molecule has 0 aliphatic carbocycles. The predicted molar refractivity (Wildman–Crippen MR) is 86.6 cm³/mol. The Morgan fingerprint density at radius 1 is 1.00 bits per heavy atom. The maximum absolute atomic E-state index is 12.0. The zero-order valence-corrected chi connectivity index (χ0v) is 12.8. The Bertz CT molecular complexity index is 585. The third-order valence-electron chi connectivity index (χ3n) is 4.29. The summed E-state index contributed by atoms with van der Waals surface area (Å²) >= 11 is 0. The molecule has 1 N–H and O–H groups in total. The number of hydrogen-bond donors (Lipinski definition) is 1. The molecule has 22 heavy (non-hydrogen) atoms. The quantitative estimate of drug-likeness (QED) is 0.896. The number of benzene rings is 2. The van der Waals surface area contributed by atoms with Crippen molar-refractivity contribution in [3.8, 4) is 0 Å². The van der Waals surface area contributed by atoms with Gasteiger partial charge in [0, 0.05) is 11.1 Å². The second-order valence-corrected chi connectivity index (χ2v) is 5.70. The van der Waals surface area contributed by atoms with Gasteiger partial charge in [0.25, 0.3) is 0 Å². The second-order valence-electron chi connectivity index (χ2n) is 5.70. The molecule has 3 nitrogen and oxygen atoms in total. The van der Waals surface area contributed by atoms with Crippen LogP contribution in [-0.4, -0.2) is 12.1 Å². The van der Waals surface area contributed by atoms with E-state index in [1.165, 1.54) is 0 Å². The molecule has 0 saturated carbocycles. The number of rotatable bonds is 5. The number of ether oxygens (including phenoxy) is 1. The highest BCUT2D eigenvalue weighted by Gasteiger charge is 2.51. The number of carbonyl (C=O) groups excluding carboxylic acids is 1. The highest BCUT2D eigenvalue weighted by atomic mass is 16.6. The molecule has 1 aliphatic rings. The molecule has 0 radical (unpaired) electrons. The van der Waals surface area contributed by atoms with Crippen LogP contribution in [0.2, 0.25) is 0 Å². The number of unbranched alkanes of at least 4 members (excludes halogenated alkanes) is 1. The minimum atomic E-state index is -0.741. The van der Waals surface area contributed by atoms with Gasteiger partial charge in [0.1, 0.15) is 0 Å². The van der Waals surface area contributed by atoms with Gasteiger partial charge in [0.2, 0.25) is 0 Å². The Balaban J connectivity index is 2.12. The first kappa shape index (κ1) is 14.6. The Morgan fingerprint density at radius 3 is 2.05 bits per heavy atom. The molecule has 1 fully saturated rings. The third-order valence-corrected chi connectivity index (χ3v) is 4.29. The van der Waals surface area contributed by atoms with Crippen LogP contribution in [0.5, 0.6) is 0 Å². The minimum absolute atomic E-state index is 0.0512. The zero-order chi connectivity index (χ0) is 15.4. The van der Waals surface area contributed by atoms with Crippen molar-refractivity contribution in [2.45, 2.75) is 37.8 Å². The van der Waals surface area contributed by atoms with Crippen LogP contribution in [0.3, 0.4) is 0 Å². The standard InChI is InChI=1S/C19H21NO2/c1-2-3-14-17-19(22-18(21)20-17,15-10-6-4-7-11-15)16-12-8-5-9-13-16/h4-13,17H,2-3,14H2,1H3,(H,20,21)/t17-/m0/s1. The Labute approximate surface area is 131 Å². The predicted octanol–water partition coefficient (Wildman–Crippen LogP) is 4.23. The van der Waals surface area contributed by atoms with Crippen molar-refractivity contribution in [2.75, 3.05) is 0 Å². The number of nitrogens with one attached hydrogen (secondary N) is 1. The summed E-state index contributed by atoms with van der Waals surface area (Å²) in [7, 11) is 0. The fraction of sp³-hybridized carbons (Fsp3) is 0.316. The molecule has 1 amide bonds. The highest BCUT2D eigenvalue weighted by molar-refractivity contribution is 5.73. The van der Waals surface area contributed by atoms with Crippen LogP contribution < -0.4 is 5.32 Å². The summed E-state index contributed by atoms with van der Waals surface area (Å²) in [6.45, 7) is 2.16. The van der Waals surface area contributed by atoms with Crippen molar-refractivity contribution in [2.24, 2.45) is 0 Å². The van der Waals surface area contributed by atoms with Crippen LogP contribution in [0, 0.1) is 0 Å². The summed E-state index contributed by atoms with van der Waals surface area (Å²) in [5.41, 5.74) is 1.29. The molecule has 1 saturated heterocycles. The maximum Gasteiger partial charge on any atom is 0.408 e. The van der Waals surface area contributed by atoms with Crippen molar-refractivity contribution in [3.05, 3.63) is 71.8 Å². The van der Waals surface area contributed by atoms with Gasteiger partial charge >= 0.3 is 6.09 Å². The van der Waals surface area contributed by atoms with E-state index in [1.54, 1.807) is 0 Å². The first-order valence-corrected chi connectivity index (χ1v) is 7.88. The molecule has 1 heterocycles. The monoisotopic (exact) mass is 295 g/mol. The summed E-state index contributed by atoms with van der Waals surface area (Å²) in [5.74, 6) is 0. The number of carbonyl (C=O) groups is 1. The van der Waals surface area contributed by atoms with Crippen molar-refractivity contribution in [1.29, 1.82) is 0 Å². The molecule has 3 rings (SSSR count). The summed E-state index contributed by atoms with van der Waals surface area (Å²) in [5, 5.41) is 3.02. The van der Waals surface area contributed by atoms with E-state index in [0.29, 0.717) is 0 Å². The molecule has 1 atom stereocenters. The molecule has 114 valence electrons. The fourth-order valence-electron chi connectivity index (χ4n) is 3.23. The molecule has 2 aromatic carbocycles. The first-order valence-electron chi connectivity index (χ1n) is 7.88. The fourth-order valence-corrected chi connectivity index (χ4v) is 3.23. The SMILES string of the molecule is CCCC[C@@H]1NC(=O)OC1(c1ccccc1)c1ccccc1. The minimum Gasteiger partial charge on any atom is -0.431 e. The van der Waals surface area contributed by atoms with E-state index < -0.39 is 5.60 Å². The van der Waals surface area contributed by atoms with E-state index in [2.05, 4.69) is 12.2 Å². The van der Waals surface area contributed by atoms with Gasteiger partial charge < -0.3 is 10.1 Å². The average Bonchev–Trinajstić information content (AvgIpc) is 2.92. The maximum atomic E-state index is 12.0. The van der Waals surface area contributed by atoms with Crippen molar-refractivity contribution >= 4 is 6.09 Å². The molecule has 2 aromatic rings. The molecular formula is C19H21NO2. The van der Waals surface area contributed by atoms with Crippen LogP contribution >= 0.6 is 0 Å². The Kier molecular flexibility index (Phi) is 4.14. The molecule has 0 aromatic heterocycles. The smallest absolute Gasteiger partial charge is 0.408 e. The van der Waals surface area contributed by atoms with Crippen LogP contribution in [0.1, 0.15) is 37.3 Å². The van der Waals surface area contributed by atoms with Gasteiger partial charge in [0.15, 0.2) is 5.60 Å². The highest BCUT2D eigenvalue weighted by Crippen LogP contribution is 2.42. The van der Waals surface area contributed by atoms with E-state index in [1.807, 2.05) is 60.7 Å². The first-order chi connectivity index (χ1) is 10.8. The van der Waals surface area contributed by atoms with Gasteiger partial charge in [-0.25, -0.2) is 4.79 Å². The van der Waals surface area contributed by atoms with E-state index in [9.17, 15) is 4.79 Å². The van der Waals surface area contributed by atoms with Crippen LogP contribution in [0.4, 0.5) is 4.79 Å². The molecule has 1 aliphatic heterocycles. The third kappa shape index (κ3) is 2.47. The lowest BCUT2D eigenvalue weighted by molar-refractivity contribution is 0.0660. The summed E-state index contributed by atoms with van der Waals surface area (Å²) in [6, 6.07) is 20.0. The van der Waals surface area contributed by atoms with E-state index in [-0.39, 0.29) is 12.1 Å². The van der Waals surface area contributed by atoms with Gasteiger partial charge in [0.05, 0.1) is 6.04 Å². The van der Waals surface area contributed by atoms with Gasteiger partial charge in [-0.15, -0.1) is 0 Å². The molecule has 0 unspecified atom stereocenters. The summed E-state index contributed by atoms with van der Waals surface area (Å²) in [4.78, 5) is 12.0. The van der Waals surface area contributed by atoms with Crippen molar-refractivity contribution in [3.63, 3.8) is 0 Å². The molecule has 3 heteroatoms. The lowest BCUT2D eigenvalue weighted by Gasteiger charge is -2.33. The molecule has 0 bridgehead atoms. The van der Waals surface area contributed by atoms with Crippen molar-refractivity contribution < 1.29 is 9.53 Å². The zero-order valence-electron chi connectivity index (χ0n) is 12.8. The Hall–Kier alpha value is -2.29. The number of alkyl carbamates (subject to hydrolysis) is 1. The van der Waals surface area contributed by atoms with Crippen LogP contribution in [0.15, 0.2) is 60.7 Å². The molecular weight excluding hydrogens is 274 g/mol. The van der Waals surface area contributed by atoms with E-state index in [0.717, 1.165) is 30.4 Å². The largest absolute Gasteiger partial charge is 0.431 e. The summed E-state index contributed by atoms with van der Waals surface area (Å²) < 4.78 is 5.88. The summed E-state index contributed by atoms with van der Waals surface area (Å²) in [6.07, 6.45) is 2.70. The normalized spacial score (nSPS) is 19.5. The van der Waals surface area contributed by atoms with Gasteiger partial charge in [-0.1, -0.05) is 80.4 Å². The number of amides is 1. The van der Waals surface area contributed by atoms with E-state index in [4.69, 9.17) is 4.74 Å². The van der Waals surface area contributed by atoms with Gasteiger partial charge in [-0.05, 0) is 6.42 Å². The number of cyclic esters (lactones) is 1. The van der Waals surface area contributed by atoms with Gasteiger partial charge in [-0.3, -0.25) is 0 Å². The lowest BCUT2D eigenvalue weighted by Crippen LogP contribution is -2.42. The second kappa shape index (κ2) is 6.22. The topological polar surface area (TPSA) is 38.3 Å².